The summed E-state index contributed by atoms with van der Waals surface area (Å²) in [6, 6.07) is 14.7. The number of rotatable bonds is 14. The van der Waals surface area contributed by atoms with Gasteiger partial charge in [-0.3, -0.25) is 4.90 Å². The molecule has 1 aromatic carbocycles. The fourth-order valence-corrected chi connectivity index (χ4v) is 3.06. The molecule has 1 aromatic heterocycles. The molecule has 148 valence electrons. The minimum atomic E-state index is -0.523. The van der Waals surface area contributed by atoms with Crippen LogP contribution in [0.5, 0.6) is 0 Å². The van der Waals surface area contributed by atoms with Crippen LogP contribution in [-0.4, -0.2) is 60.7 Å². The zero-order valence-corrected chi connectivity index (χ0v) is 16.3. The minimum Gasteiger partial charge on any atom is -0.389 e. The van der Waals surface area contributed by atoms with Crippen LogP contribution < -0.4 is 0 Å². The Morgan fingerprint density at radius 1 is 1.22 bits per heavy atom. The van der Waals surface area contributed by atoms with E-state index in [1.54, 1.807) is 13.2 Å². The van der Waals surface area contributed by atoms with Crippen LogP contribution in [0.1, 0.15) is 17.7 Å². The van der Waals surface area contributed by atoms with Crippen LogP contribution in [-0.2, 0) is 22.6 Å². The number of aliphatic hydroxyl groups is 1. The van der Waals surface area contributed by atoms with Crippen LogP contribution in [0.2, 0.25) is 0 Å². The quantitative estimate of drug-likeness (QED) is 0.409. The standard InChI is InChI=1S/C22H32N2O3/c1-3-14-27-19-22(25)18-23(12-8-15-26-2)17-21-11-7-13-24(21)16-20-9-5-4-6-10-20/h3-7,9-11,13,22,25H,1,8,12,14-19H2,2H3. The SMILES string of the molecule is C=CCOCC(O)CN(CCCOC)Cc1cccn1Cc1ccccc1. The molecule has 1 unspecified atom stereocenters. The zero-order valence-electron chi connectivity index (χ0n) is 16.3. The number of aliphatic hydroxyl groups excluding tert-OH is 1. The fourth-order valence-electron chi connectivity index (χ4n) is 3.06. The predicted octanol–water partition coefficient (Wildman–Crippen LogP) is 2.94. The molecule has 5 heteroatoms. The second-order valence-corrected chi connectivity index (χ2v) is 6.67. The topological polar surface area (TPSA) is 46.9 Å². The van der Waals surface area contributed by atoms with Crippen LogP contribution in [0, 0.1) is 0 Å². The van der Waals surface area contributed by atoms with Crippen LogP contribution in [0.4, 0.5) is 0 Å². The lowest BCUT2D eigenvalue weighted by Gasteiger charge is -2.25. The molecule has 0 saturated carbocycles. The summed E-state index contributed by atoms with van der Waals surface area (Å²) in [5.74, 6) is 0. The molecule has 1 N–H and O–H groups in total. The average molecular weight is 373 g/mol. The van der Waals surface area contributed by atoms with E-state index >= 15 is 0 Å². The molecule has 1 atom stereocenters. The molecule has 0 amide bonds. The summed E-state index contributed by atoms with van der Waals surface area (Å²) < 4.78 is 12.8. The van der Waals surface area contributed by atoms with Gasteiger partial charge < -0.3 is 19.1 Å². The Kier molecular flexibility index (Phi) is 9.87. The Morgan fingerprint density at radius 2 is 2.04 bits per heavy atom. The van der Waals surface area contributed by atoms with Gasteiger partial charge in [0, 0.05) is 51.8 Å². The molecular formula is C22H32N2O3. The third-order valence-electron chi connectivity index (χ3n) is 4.34. The maximum absolute atomic E-state index is 10.3. The Labute approximate surface area is 162 Å². The van der Waals surface area contributed by atoms with Gasteiger partial charge in [0.2, 0.25) is 0 Å². The first-order chi connectivity index (χ1) is 13.2. The van der Waals surface area contributed by atoms with Gasteiger partial charge in [0.15, 0.2) is 0 Å². The van der Waals surface area contributed by atoms with Gasteiger partial charge in [-0.05, 0) is 24.1 Å². The van der Waals surface area contributed by atoms with Crippen LogP contribution in [0.15, 0.2) is 61.3 Å². The maximum Gasteiger partial charge on any atom is 0.0900 e. The molecule has 27 heavy (non-hydrogen) atoms. The Hall–Kier alpha value is -1.92. The summed E-state index contributed by atoms with van der Waals surface area (Å²) in [4.78, 5) is 2.26. The largest absolute Gasteiger partial charge is 0.389 e. The Balaban J connectivity index is 1.97. The van der Waals surface area contributed by atoms with E-state index in [-0.39, 0.29) is 0 Å². The Bertz CT molecular complexity index is 642. The van der Waals surface area contributed by atoms with E-state index in [9.17, 15) is 5.11 Å². The van der Waals surface area contributed by atoms with E-state index in [2.05, 4.69) is 58.6 Å². The molecule has 0 aliphatic carbocycles. The predicted molar refractivity (Wildman–Crippen MR) is 109 cm³/mol. The highest BCUT2D eigenvalue weighted by Crippen LogP contribution is 2.11. The molecule has 0 saturated heterocycles. The molecular weight excluding hydrogens is 340 g/mol. The summed E-state index contributed by atoms with van der Waals surface area (Å²) in [7, 11) is 1.72. The molecule has 0 aliphatic heterocycles. The van der Waals surface area contributed by atoms with Gasteiger partial charge in [-0.25, -0.2) is 0 Å². The second-order valence-electron chi connectivity index (χ2n) is 6.67. The summed E-state index contributed by atoms with van der Waals surface area (Å²) in [6.45, 7) is 8.18. The van der Waals surface area contributed by atoms with Crippen molar-refractivity contribution in [2.75, 3.05) is 40.0 Å². The van der Waals surface area contributed by atoms with Crippen LogP contribution in [0.3, 0.4) is 0 Å². The summed E-state index contributed by atoms with van der Waals surface area (Å²) in [5, 5.41) is 10.3. The molecule has 5 nitrogen and oxygen atoms in total. The third-order valence-corrected chi connectivity index (χ3v) is 4.34. The lowest BCUT2D eigenvalue weighted by molar-refractivity contribution is 0.0225. The fraction of sp³-hybridized carbons (Fsp3) is 0.455. The lowest BCUT2D eigenvalue weighted by atomic mass is 10.2. The van der Waals surface area contributed by atoms with E-state index in [1.165, 1.54) is 11.3 Å². The monoisotopic (exact) mass is 372 g/mol. The first-order valence-electron chi connectivity index (χ1n) is 9.49. The number of ether oxygens (including phenoxy) is 2. The van der Waals surface area contributed by atoms with Gasteiger partial charge >= 0.3 is 0 Å². The molecule has 0 radical (unpaired) electrons. The van der Waals surface area contributed by atoms with E-state index in [4.69, 9.17) is 9.47 Å². The van der Waals surface area contributed by atoms with Gasteiger partial charge in [0.1, 0.15) is 0 Å². The van der Waals surface area contributed by atoms with Crippen molar-refractivity contribution in [2.45, 2.75) is 25.6 Å². The number of benzene rings is 1. The van der Waals surface area contributed by atoms with E-state index < -0.39 is 6.10 Å². The van der Waals surface area contributed by atoms with Gasteiger partial charge in [-0.15, -0.1) is 6.58 Å². The first kappa shape index (κ1) is 21.4. The summed E-state index contributed by atoms with van der Waals surface area (Å²) >= 11 is 0. The van der Waals surface area contributed by atoms with Crippen molar-refractivity contribution in [3.05, 3.63) is 72.6 Å². The molecule has 0 fully saturated rings. The molecule has 0 spiro atoms. The zero-order chi connectivity index (χ0) is 19.3. The number of nitrogens with zero attached hydrogens (tertiary/aromatic N) is 2. The maximum atomic E-state index is 10.3. The first-order valence-corrected chi connectivity index (χ1v) is 9.49. The lowest BCUT2D eigenvalue weighted by Crippen LogP contribution is -2.36. The molecule has 1 heterocycles. The van der Waals surface area contributed by atoms with Crippen molar-refractivity contribution in [3.8, 4) is 0 Å². The van der Waals surface area contributed by atoms with Crippen molar-refractivity contribution in [1.29, 1.82) is 0 Å². The summed E-state index contributed by atoms with van der Waals surface area (Å²) in [5.41, 5.74) is 2.51. The van der Waals surface area contributed by atoms with E-state index in [1.807, 2.05) is 6.07 Å². The molecule has 0 bridgehead atoms. The van der Waals surface area contributed by atoms with Gasteiger partial charge in [0.05, 0.1) is 19.3 Å². The molecule has 0 aliphatic rings. The minimum absolute atomic E-state index is 0.317. The highest BCUT2D eigenvalue weighted by atomic mass is 16.5. The van der Waals surface area contributed by atoms with Crippen molar-refractivity contribution in [3.63, 3.8) is 0 Å². The average Bonchev–Trinajstić information content (AvgIpc) is 3.09. The highest BCUT2D eigenvalue weighted by Gasteiger charge is 2.14. The van der Waals surface area contributed by atoms with Gasteiger partial charge in [-0.2, -0.15) is 0 Å². The van der Waals surface area contributed by atoms with Gasteiger partial charge in [0.25, 0.3) is 0 Å². The number of aromatic nitrogens is 1. The van der Waals surface area contributed by atoms with E-state index in [0.29, 0.717) is 26.4 Å². The van der Waals surface area contributed by atoms with Crippen LogP contribution in [0.25, 0.3) is 0 Å². The Morgan fingerprint density at radius 3 is 2.78 bits per heavy atom. The van der Waals surface area contributed by atoms with Crippen LogP contribution >= 0.6 is 0 Å². The third kappa shape index (κ3) is 8.10. The van der Waals surface area contributed by atoms with Crippen molar-refractivity contribution < 1.29 is 14.6 Å². The number of hydrogen-bond acceptors (Lipinski definition) is 4. The molecule has 2 rings (SSSR count). The summed E-state index contributed by atoms with van der Waals surface area (Å²) in [6.07, 6.45) is 4.21. The second kappa shape index (κ2) is 12.5. The highest BCUT2D eigenvalue weighted by molar-refractivity contribution is 5.17. The van der Waals surface area contributed by atoms with Crippen molar-refractivity contribution >= 4 is 0 Å². The number of methoxy groups -OCH3 is 1. The molecule has 2 aromatic rings. The smallest absolute Gasteiger partial charge is 0.0900 e. The van der Waals surface area contributed by atoms with Crippen molar-refractivity contribution in [2.24, 2.45) is 0 Å². The van der Waals surface area contributed by atoms with Gasteiger partial charge in [-0.1, -0.05) is 36.4 Å². The van der Waals surface area contributed by atoms with Crippen molar-refractivity contribution in [1.82, 2.24) is 9.47 Å². The normalized spacial score (nSPS) is 12.4. The van der Waals surface area contributed by atoms with E-state index in [0.717, 1.165) is 26.1 Å². The number of hydrogen-bond donors (Lipinski definition) is 1.